The van der Waals surface area contributed by atoms with E-state index in [0.29, 0.717) is 19.6 Å². The van der Waals surface area contributed by atoms with Gasteiger partial charge in [0.2, 0.25) is 11.9 Å². The van der Waals surface area contributed by atoms with Crippen LogP contribution in [-0.4, -0.2) is 67.7 Å². The molecule has 0 aliphatic carbocycles. The zero-order valence-electron chi connectivity index (χ0n) is 15.5. The summed E-state index contributed by atoms with van der Waals surface area (Å²) in [4.78, 5) is 25.8. The van der Waals surface area contributed by atoms with Gasteiger partial charge in [0.25, 0.3) is 0 Å². The molecule has 1 aromatic rings. The number of carbonyl (C=O) groups is 1. The Bertz CT molecular complexity index is 623. The van der Waals surface area contributed by atoms with Crippen molar-refractivity contribution >= 4 is 17.7 Å². The zero-order valence-corrected chi connectivity index (χ0v) is 15.5. The molecule has 0 saturated carbocycles. The first kappa shape index (κ1) is 17.9. The van der Waals surface area contributed by atoms with Crippen molar-refractivity contribution < 1.29 is 9.53 Å². The second-order valence-corrected chi connectivity index (χ2v) is 7.28. The monoisotopic (exact) mass is 347 g/mol. The molecule has 25 heavy (non-hydrogen) atoms. The van der Waals surface area contributed by atoms with Crippen LogP contribution in [0.4, 0.5) is 11.8 Å². The number of hydrogen-bond donors (Lipinski definition) is 1. The number of hydrogen-bond acceptors (Lipinski definition) is 6. The van der Waals surface area contributed by atoms with E-state index in [9.17, 15) is 4.79 Å². The maximum atomic E-state index is 12.2. The minimum Gasteiger partial charge on any atom is -0.383 e. The summed E-state index contributed by atoms with van der Waals surface area (Å²) in [7, 11) is 3.56. The second-order valence-electron chi connectivity index (χ2n) is 7.28. The van der Waals surface area contributed by atoms with Gasteiger partial charge in [-0.05, 0) is 26.2 Å². The fourth-order valence-corrected chi connectivity index (χ4v) is 4.04. The molecule has 3 heterocycles. The Hall–Kier alpha value is -1.89. The minimum atomic E-state index is 0.146. The standard InChI is InChI=1S/C18H29N5O2/c1-14-11-15(19-2)21-17(20-14)23-8-4-6-18(13-23)7-5-16(24)22(12-18)9-10-25-3/h11H,4-10,12-13H2,1-3H3,(H,19,20,21). The van der Waals surface area contributed by atoms with Crippen molar-refractivity contribution in [1.29, 1.82) is 0 Å². The Balaban J connectivity index is 1.76. The van der Waals surface area contributed by atoms with Gasteiger partial charge in [-0.3, -0.25) is 4.79 Å². The average Bonchev–Trinajstić information content (AvgIpc) is 2.62. The summed E-state index contributed by atoms with van der Waals surface area (Å²) in [5.74, 6) is 1.90. The molecule has 0 aromatic carbocycles. The first-order valence-corrected chi connectivity index (χ1v) is 9.10. The first-order valence-electron chi connectivity index (χ1n) is 9.10. The largest absolute Gasteiger partial charge is 0.383 e. The summed E-state index contributed by atoms with van der Waals surface area (Å²) in [5, 5.41) is 3.11. The van der Waals surface area contributed by atoms with Gasteiger partial charge in [0.15, 0.2) is 0 Å². The Labute approximate surface area is 149 Å². The Kier molecular flexibility index (Phi) is 5.42. The van der Waals surface area contributed by atoms with Crippen LogP contribution in [0.2, 0.25) is 0 Å². The normalized spacial score (nSPS) is 24.0. The molecule has 7 heteroatoms. The Morgan fingerprint density at radius 3 is 2.92 bits per heavy atom. The molecule has 1 atom stereocenters. The fraction of sp³-hybridized carbons (Fsp3) is 0.722. The van der Waals surface area contributed by atoms with Crippen LogP contribution in [-0.2, 0) is 9.53 Å². The van der Waals surface area contributed by atoms with Crippen LogP contribution in [0.1, 0.15) is 31.4 Å². The number of rotatable bonds is 5. The van der Waals surface area contributed by atoms with Crippen LogP contribution in [0.3, 0.4) is 0 Å². The summed E-state index contributed by atoms with van der Waals surface area (Å²) in [5.41, 5.74) is 1.11. The molecule has 3 rings (SSSR count). The highest BCUT2D eigenvalue weighted by atomic mass is 16.5. The fourth-order valence-electron chi connectivity index (χ4n) is 4.04. The third kappa shape index (κ3) is 4.03. The van der Waals surface area contributed by atoms with Gasteiger partial charge in [-0.1, -0.05) is 0 Å². The number of likely N-dealkylation sites (tertiary alicyclic amines) is 1. The molecule has 2 aliphatic heterocycles. The molecule has 1 amide bonds. The number of aryl methyl sites for hydroxylation is 1. The molecule has 2 saturated heterocycles. The number of nitrogens with one attached hydrogen (secondary N) is 1. The van der Waals surface area contributed by atoms with Crippen LogP contribution < -0.4 is 10.2 Å². The summed E-state index contributed by atoms with van der Waals surface area (Å²) in [6.07, 6.45) is 3.86. The number of carbonyl (C=O) groups excluding carboxylic acids is 1. The summed E-state index contributed by atoms with van der Waals surface area (Å²) in [6, 6.07) is 1.95. The van der Waals surface area contributed by atoms with Crippen molar-refractivity contribution in [3.8, 4) is 0 Å². The van der Waals surface area contributed by atoms with E-state index < -0.39 is 0 Å². The summed E-state index contributed by atoms with van der Waals surface area (Å²) in [6.45, 7) is 5.98. The van der Waals surface area contributed by atoms with Gasteiger partial charge in [-0.2, -0.15) is 4.98 Å². The number of amides is 1. The van der Waals surface area contributed by atoms with Crippen molar-refractivity contribution in [2.24, 2.45) is 5.41 Å². The van der Waals surface area contributed by atoms with E-state index >= 15 is 0 Å². The molecule has 7 nitrogen and oxygen atoms in total. The quantitative estimate of drug-likeness (QED) is 0.874. The first-order chi connectivity index (χ1) is 12.0. The summed E-state index contributed by atoms with van der Waals surface area (Å²) >= 11 is 0. The lowest BCUT2D eigenvalue weighted by atomic mass is 9.73. The third-order valence-corrected chi connectivity index (χ3v) is 5.36. The van der Waals surface area contributed by atoms with Crippen LogP contribution in [0.25, 0.3) is 0 Å². The van der Waals surface area contributed by atoms with Gasteiger partial charge in [-0.25, -0.2) is 4.98 Å². The number of piperidine rings is 2. The van der Waals surface area contributed by atoms with Crippen molar-refractivity contribution in [2.75, 3.05) is 57.2 Å². The van der Waals surface area contributed by atoms with E-state index in [4.69, 9.17) is 4.74 Å². The van der Waals surface area contributed by atoms with Gasteiger partial charge in [-0.15, -0.1) is 0 Å². The third-order valence-electron chi connectivity index (χ3n) is 5.36. The highest BCUT2D eigenvalue weighted by molar-refractivity contribution is 5.77. The molecule has 0 bridgehead atoms. The van der Waals surface area contributed by atoms with Crippen molar-refractivity contribution in [3.63, 3.8) is 0 Å². The van der Waals surface area contributed by atoms with E-state index in [1.807, 2.05) is 24.9 Å². The van der Waals surface area contributed by atoms with Gasteiger partial charge in [0, 0.05) is 63.9 Å². The molecular weight excluding hydrogens is 318 g/mol. The minimum absolute atomic E-state index is 0.146. The van der Waals surface area contributed by atoms with Crippen LogP contribution in [0.5, 0.6) is 0 Å². The smallest absolute Gasteiger partial charge is 0.227 e. The molecular formula is C18H29N5O2. The molecule has 2 aliphatic rings. The lowest BCUT2D eigenvalue weighted by Gasteiger charge is -2.48. The number of aromatic nitrogens is 2. The van der Waals surface area contributed by atoms with Gasteiger partial charge in [0.1, 0.15) is 5.82 Å². The average molecular weight is 347 g/mol. The van der Waals surface area contributed by atoms with Crippen molar-refractivity contribution in [1.82, 2.24) is 14.9 Å². The maximum absolute atomic E-state index is 12.2. The molecule has 1 aromatic heterocycles. The Morgan fingerprint density at radius 2 is 2.16 bits per heavy atom. The topological polar surface area (TPSA) is 70.6 Å². The van der Waals surface area contributed by atoms with E-state index in [-0.39, 0.29) is 11.3 Å². The molecule has 2 fully saturated rings. The lowest BCUT2D eigenvalue weighted by molar-refractivity contribution is -0.138. The second kappa shape index (κ2) is 7.56. The molecule has 138 valence electrons. The van der Waals surface area contributed by atoms with Crippen LogP contribution in [0, 0.1) is 12.3 Å². The highest BCUT2D eigenvalue weighted by Crippen LogP contribution is 2.39. The lowest BCUT2D eigenvalue weighted by Crippen LogP contribution is -2.55. The zero-order chi connectivity index (χ0) is 17.9. The van der Waals surface area contributed by atoms with E-state index in [2.05, 4.69) is 20.2 Å². The van der Waals surface area contributed by atoms with Crippen LogP contribution in [0.15, 0.2) is 6.07 Å². The van der Waals surface area contributed by atoms with Gasteiger partial charge >= 0.3 is 0 Å². The van der Waals surface area contributed by atoms with Crippen molar-refractivity contribution in [2.45, 2.75) is 32.6 Å². The molecule has 1 N–H and O–H groups in total. The Morgan fingerprint density at radius 1 is 1.32 bits per heavy atom. The maximum Gasteiger partial charge on any atom is 0.227 e. The van der Waals surface area contributed by atoms with Gasteiger partial charge < -0.3 is 19.9 Å². The molecule has 1 unspecified atom stereocenters. The van der Waals surface area contributed by atoms with E-state index in [1.165, 1.54) is 0 Å². The van der Waals surface area contributed by atoms with Crippen LogP contribution >= 0.6 is 0 Å². The number of nitrogens with zero attached hydrogens (tertiary/aromatic N) is 4. The number of methoxy groups -OCH3 is 1. The van der Waals surface area contributed by atoms with E-state index in [1.54, 1.807) is 7.11 Å². The molecule has 1 spiro atoms. The predicted octanol–water partition coefficient (Wildman–Crippen LogP) is 1.68. The summed E-state index contributed by atoms with van der Waals surface area (Å²) < 4.78 is 5.17. The molecule has 0 radical (unpaired) electrons. The highest BCUT2D eigenvalue weighted by Gasteiger charge is 2.42. The number of anilines is 2. The number of ether oxygens (including phenoxy) is 1. The SMILES string of the molecule is CNc1cc(C)nc(N2CCCC3(CCC(=O)N(CCOC)C3)C2)n1. The van der Waals surface area contributed by atoms with E-state index in [0.717, 1.165) is 56.4 Å². The van der Waals surface area contributed by atoms with Crippen molar-refractivity contribution in [3.05, 3.63) is 11.8 Å². The van der Waals surface area contributed by atoms with Gasteiger partial charge in [0.05, 0.1) is 6.61 Å². The predicted molar refractivity (Wildman–Crippen MR) is 97.9 cm³/mol.